The maximum absolute atomic E-state index is 12.3. The van der Waals surface area contributed by atoms with Crippen LogP contribution >= 0.6 is 0 Å². The fourth-order valence-electron chi connectivity index (χ4n) is 2.99. The van der Waals surface area contributed by atoms with E-state index in [1.807, 2.05) is 18.7 Å². The number of hydrogen-bond acceptors (Lipinski definition) is 5. The highest BCUT2D eigenvalue weighted by Gasteiger charge is 2.29. The molecule has 1 fully saturated rings. The van der Waals surface area contributed by atoms with Crippen molar-refractivity contribution in [3.8, 4) is 11.5 Å². The number of piperidine rings is 1. The first kappa shape index (κ1) is 18.1. The number of hydrogen-bond donors (Lipinski definition) is 0. The molecular formula is C18H25NO5. The van der Waals surface area contributed by atoms with E-state index in [0.29, 0.717) is 11.5 Å². The van der Waals surface area contributed by atoms with E-state index < -0.39 is 5.97 Å². The molecule has 0 bridgehead atoms. The number of likely N-dealkylation sites (tertiary alicyclic amines) is 1. The third-order valence-corrected chi connectivity index (χ3v) is 4.25. The number of benzene rings is 1. The van der Waals surface area contributed by atoms with Crippen molar-refractivity contribution in [3.63, 3.8) is 0 Å². The Hall–Kier alpha value is -2.24. The number of carbonyl (C=O) groups excluding carboxylic acids is 2. The number of carbonyl (C=O) groups is 2. The third kappa shape index (κ3) is 4.88. The van der Waals surface area contributed by atoms with Crippen LogP contribution < -0.4 is 9.47 Å². The maximum atomic E-state index is 12.3. The first-order valence-electron chi connectivity index (χ1n) is 8.25. The van der Waals surface area contributed by atoms with Crippen LogP contribution in [0.5, 0.6) is 11.5 Å². The molecule has 1 aromatic carbocycles. The summed E-state index contributed by atoms with van der Waals surface area (Å²) in [6.45, 7) is 3.59. The Balaban J connectivity index is 1.74. The van der Waals surface area contributed by atoms with Gasteiger partial charge in [0, 0.05) is 12.1 Å². The van der Waals surface area contributed by atoms with Crippen LogP contribution in [0.1, 0.15) is 33.1 Å². The molecule has 6 heteroatoms. The number of methoxy groups -OCH3 is 1. The molecule has 0 unspecified atom stereocenters. The average Bonchev–Trinajstić information content (AvgIpc) is 2.58. The molecule has 132 valence electrons. The molecule has 1 aliphatic heterocycles. The van der Waals surface area contributed by atoms with Gasteiger partial charge < -0.3 is 19.1 Å². The Morgan fingerprint density at radius 3 is 2.21 bits per heavy atom. The summed E-state index contributed by atoms with van der Waals surface area (Å²) >= 11 is 0. The lowest BCUT2D eigenvalue weighted by atomic mass is 9.97. The van der Waals surface area contributed by atoms with Crippen molar-refractivity contribution in [2.24, 2.45) is 0 Å². The van der Waals surface area contributed by atoms with Crippen LogP contribution in [0.3, 0.4) is 0 Å². The first-order valence-corrected chi connectivity index (χ1v) is 8.25. The summed E-state index contributed by atoms with van der Waals surface area (Å²) in [5.74, 6) is 0.543. The van der Waals surface area contributed by atoms with Gasteiger partial charge in [-0.3, -0.25) is 4.79 Å². The van der Waals surface area contributed by atoms with Crippen LogP contribution in [-0.4, -0.2) is 49.2 Å². The van der Waals surface area contributed by atoms with Gasteiger partial charge in [0.05, 0.1) is 7.11 Å². The van der Waals surface area contributed by atoms with Crippen molar-refractivity contribution in [2.75, 3.05) is 20.3 Å². The molecule has 1 heterocycles. The van der Waals surface area contributed by atoms with Crippen molar-refractivity contribution in [1.82, 2.24) is 4.90 Å². The predicted octanol–water partition coefficient (Wildman–Crippen LogP) is 2.41. The number of rotatable bonds is 6. The van der Waals surface area contributed by atoms with Crippen molar-refractivity contribution in [3.05, 3.63) is 24.3 Å². The molecule has 0 radical (unpaired) electrons. The minimum absolute atomic E-state index is 0.146. The Morgan fingerprint density at radius 1 is 1.04 bits per heavy atom. The molecule has 2 rings (SSSR count). The Labute approximate surface area is 142 Å². The molecule has 0 aliphatic carbocycles. The zero-order valence-electron chi connectivity index (χ0n) is 14.5. The van der Waals surface area contributed by atoms with Crippen LogP contribution in [-0.2, 0) is 14.3 Å². The van der Waals surface area contributed by atoms with E-state index in [1.165, 1.54) is 0 Å². The van der Waals surface area contributed by atoms with Crippen LogP contribution in [0.15, 0.2) is 24.3 Å². The predicted molar refractivity (Wildman–Crippen MR) is 89.1 cm³/mol. The van der Waals surface area contributed by atoms with Crippen molar-refractivity contribution >= 4 is 11.9 Å². The van der Waals surface area contributed by atoms with E-state index in [-0.39, 0.29) is 31.2 Å². The van der Waals surface area contributed by atoms with Crippen molar-refractivity contribution in [1.29, 1.82) is 0 Å². The SMILES string of the molecule is COc1ccc(OCC(=O)OCC(=O)N2[C@H](C)CCC[C@H]2C)cc1. The summed E-state index contributed by atoms with van der Waals surface area (Å²) in [7, 11) is 1.58. The minimum Gasteiger partial charge on any atom is -0.497 e. The Kier molecular flexibility index (Phi) is 6.46. The Morgan fingerprint density at radius 2 is 1.62 bits per heavy atom. The highest BCUT2D eigenvalue weighted by molar-refractivity contribution is 5.81. The van der Waals surface area contributed by atoms with E-state index in [1.54, 1.807) is 31.4 Å². The van der Waals surface area contributed by atoms with Gasteiger partial charge in [0.25, 0.3) is 5.91 Å². The summed E-state index contributed by atoms with van der Waals surface area (Å²) in [5, 5.41) is 0. The van der Waals surface area contributed by atoms with Crippen molar-refractivity contribution in [2.45, 2.75) is 45.2 Å². The second-order valence-corrected chi connectivity index (χ2v) is 6.05. The second-order valence-electron chi connectivity index (χ2n) is 6.05. The van der Waals surface area contributed by atoms with Gasteiger partial charge in [0.2, 0.25) is 0 Å². The molecule has 24 heavy (non-hydrogen) atoms. The van der Waals surface area contributed by atoms with Crippen molar-refractivity contribution < 1.29 is 23.8 Å². The van der Waals surface area contributed by atoms with Gasteiger partial charge in [-0.1, -0.05) is 0 Å². The van der Waals surface area contributed by atoms with Gasteiger partial charge in [-0.05, 0) is 57.4 Å². The topological polar surface area (TPSA) is 65.1 Å². The third-order valence-electron chi connectivity index (χ3n) is 4.25. The van der Waals surface area contributed by atoms with Gasteiger partial charge >= 0.3 is 5.97 Å². The zero-order valence-corrected chi connectivity index (χ0v) is 14.5. The minimum atomic E-state index is -0.559. The lowest BCUT2D eigenvalue weighted by Crippen LogP contribution is -2.49. The molecule has 1 aromatic rings. The lowest BCUT2D eigenvalue weighted by molar-refractivity contribution is -0.156. The summed E-state index contributed by atoms with van der Waals surface area (Å²) in [5.41, 5.74) is 0. The quantitative estimate of drug-likeness (QED) is 0.747. The van der Waals surface area contributed by atoms with Crippen LogP contribution in [0.25, 0.3) is 0 Å². The molecule has 0 saturated carbocycles. The number of nitrogens with zero attached hydrogens (tertiary/aromatic N) is 1. The van der Waals surface area contributed by atoms with Gasteiger partial charge in [0.1, 0.15) is 11.5 Å². The molecular weight excluding hydrogens is 310 g/mol. The molecule has 0 N–H and O–H groups in total. The first-order chi connectivity index (χ1) is 11.5. The van der Waals surface area contributed by atoms with Crippen LogP contribution in [0.4, 0.5) is 0 Å². The van der Waals surface area contributed by atoms with E-state index >= 15 is 0 Å². The van der Waals surface area contributed by atoms with E-state index in [4.69, 9.17) is 14.2 Å². The largest absolute Gasteiger partial charge is 0.497 e. The van der Waals surface area contributed by atoms with E-state index in [2.05, 4.69) is 0 Å². The number of amides is 1. The highest BCUT2D eigenvalue weighted by Crippen LogP contribution is 2.22. The summed E-state index contributed by atoms with van der Waals surface area (Å²) < 4.78 is 15.4. The second kappa shape index (κ2) is 8.57. The van der Waals surface area contributed by atoms with Crippen LogP contribution in [0, 0.1) is 0 Å². The van der Waals surface area contributed by atoms with E-state index in [9.17, 15) is 9.59 Å². The Bertz CT molecular complexity index is 547. The molecule has 1 saturated heterocycles. The average molecular weight is 335 g/mol. The number of esters is 1. The molecule has 0 spiro atoms. The standard InChI is InChI=1S/C18H25NO5/c1-13-5-4-6-14(2)19(13)17(20)11-24-18(21)12-23-16-9-7-15(22-3)8-10-16/h7-10,13-14H,4-6,11-12H2,1-3H3/t13-,14-/m1/s1. The van der Waals surface area contributed by atoms with Gasteiger partial charge in [-0.2, -0.15) is 0 Å². The fourth-order valence-corrected chi connectivity index (χ4v) is 2.99. The number of ether oxygens (including phenoxy) is 3. The summed E-state index contributed by atoms with van der Waals surface area (Å²) in [6, 6.07) is 7.26. The van der Waals surface area contributed by atoms with Gasteiger partial charge in [-0.15, -0.1) is 0 Å². The smallest absolute Gasteiger partial charge is 0.344 e. The fraction of sp³-hybridized carbons (Fsp3) is 0.556. The normalized spacial score (nSPS) is 20.4. The monoisotopic (exact) mass is 335 g/mol. The van der Waals surface area contributed by atoms with Crippen LogP contribution in [0.2, 0.25) is 0 Å². The highest BCUT2D eigenvalue weighted by atomic mass is 16.6. The molecule has 1 amide bonds. The van der Waals surface area contributed by atoms with Gasteiger partial charge in [-0.25, -0.2) is 4.79 Å². The van der Waals surface area contributed by atoms with E-state index in [0.717, 1.165) is 19.3 Å². The summed E-state index contributed by atoms with van der Waals surface area (Å²) in [4.78, 5) is 25.8. The van der Waals surface area contributed by atoms with Gasteiger partial charge in [0.15, 0.2) is 13.2 Å². The molecule has 1 aliphatic rings. The molecule has 6 nitrogen and oxygen atoms in total. The summed E-state index contributed by atoms with van der Waals surface area (Å²) in [6.07, 6.45) is 3.11. The lowest BCUT2D eigenvalue weighted by Gasteiger charge is -2.38. The maximum Gasteiger partial charge on any atom is 0.344 e. The zero-order chi connectivity index (χ0) is 17.5. The molecule has 0 aromatic heterocycles. The molecule has 2 atom stereocenters.